The van der Waals surface area contributed by atoms with E-state index in [9.17, 15) is 4.79 Å². The molecule has 1 aliphatic carbocycles. The predicted octanol–water partition coefficient (Wildman–Crippen LogP) is 2.07. The lowest BCUT2D eigenvalue weighted by molar-refractivity contribution is 0.0920. The molecule has 1 fully saturated rings. The monoisotopic (exact) mass is 262 g/mol. The molecule has 0 bridgehead atoms. The Balaban J connectivity index is 1.99. The highest BCUT2D eigenvalue weighted by Gasteiger charge is 2.22. The second kappa shape index (κ2) is 6.52. The lowest BCUT2D eigenvalue weighted by atomic mass is 9.84. The summed E-state index contributed by atoms with van der Waals surface area (Å²) in [5, 5.41) is 3.08. The van der Waals surface area contributed by atoms with Gasteiger partial charge in [-0.25, -0.2) is 0 Å². The van der Waals surface area contributed by atoms with Crippen LogP contribution in [0, 0.1) is 5.92 Å². The fourth-order valence-electron chi connectivity index (χ4n) is 2.74. The number of nitrogens with zero attached hydrogens (tertiary/aromatic N) is 1. The number of pyridine rings is 1. The first-order chi connectivity index (χ1) is 9.22. The molecule has 0 spiro atoms. The summed E-state index contributed by atoms with van der Waals surface area (Å²) in [4.78, 5) is 16.2. The van der Waals surface area contributed by atoms with Gasteiger partial charge in [0.1, 0.15) is 0 Å². The van der Waals surface area contributed by atoms with Crippen LogP contribution in [0.25, 0.3) is 0 Å². The number of hydrazine groups is 1. The minimum Gasteiger partial charge on any atom is -0.349 e. The number of carbonyl (C=O) groups excluding carboxylic acids is 1. The van der Waals surface area contributed by atoms with Gasteiger partial charge in [0.25, 0.3) is 5.91 Å². The fourth-order valence-corrected chi connectivity index (χ4v) is 2.74. The number of rotatable bonds is 4. The zero-order valence-corrected chi connectivity index (χ0v) is 11.4. The Labute approximate surface area is 114 Å². The van der Waals surface area contributed by atoms with Crippen molar-refractivity contribution in [2.75, 3.05) is 5.43 Å². The van der Waals surface area contributed by atoms with E-state index >= 15 is 0 Å². The van der Waals surface area contributed by atoms with E-state index in [1.54, 1.807) is 18.5 Å². The molecule has 0 saturated heterocycles. The van der Waals surface area contributed by atoms with Crippen LogP contribution >= 0.6 is 0 Å². The normalized spacial score (nSPS) is 17.8. The Hall–Kier alpha value is -1.62. The number of anilines is 1. The molecule has 2 rings (SSSR count). The number of nitrogen functional groups attached to an aromatic ring is 1. The van der Waals surface area contributed by atoms with E-state index in [0.29, 0.717) is 17.2 Å². The molecule has 0 radical (unpaired) electrons. The maximum Gasteiger partial charge on any atom is 0.253 e. The second-order valence-corrected chi connectivity index (χ2v) is 5.23. The van der Waals surface area contributed by atoms with E-state index in [-0.39, 0.29) is 11.9 Å². The predicted molar refractivity (Wildman–Crippen MR) is 75.6 cm³/mol. The highest BCUT2D eigenvalue weighted by Crippen LogP contribution is 2.26. The van der Waals surface area contributed by atoms with Crippen molar-refractivity contribution in [1.29, 1.82) is 0 Å². The van der Waals surface area contributed by atoms with Crippen LogP contribution in [-0.2, 0) is 0 Å². The zero-order chi connectivity index (χ0) is 13.7. The molecule has 1 aliphatic rings. The molecular formula is C14H22N4O. The van der Waals surface area contributed by atoms with Gasteiger partial charge in [0.15, 0.2) is 0 Å². The lowest BCUT2D eigenvalue weighted by Gasteiger charge is -2.28. The Kier molecular flexibility index (Phi) is 4.74. The summed E-state index contributed by atoms with van der Waals surface area (Å²) in [7, 11) is 0. The smallest absolute Gasteiger partial charge is 0.253 e. The molecule has 1 atom stereocenters. The molecule has 5 nitrogen and oxygen atoms in total. The standard InChI is InChI=1S/C14H22N4O/c1-10(11-5-3-2-4-6-11)17-14(19)12-7-8-16-9-13(12)18-15/h7-11,18H,2-6,15H2,1H3,(H,17,19). The van der Waals surface area contributed by atoms with E-state index < -0.39 is 0 Å². The highest BCUT2D eigenvalue weighted by atomic mass is 16.1. The third kappa shape index (κ3) is 3.44. The summed E-state index contributed by atoms with van der Waals surface area (Å²) in [5.74, 6) is 5.89. The summed E-state index contributed by atoms with van der Waals surface area (Å²) in [5.41, 5.74) is 3.60. The zero-order valence-electron chi connectivity index (χ0n) is 11.4. The number of hydrogen-bond donors (Lipinski definition) is 3. The molecule has 1 saturated carbocycles. The SMILES string of the molecule is CC(NC(=O)c1ccncc1NN)C1CCCCC1. The van der Waals surface area contributed by atoms with Crippen molar-refractivity contribution in [3.8, 4) is 0 Å². The van der Waals surface area contributed by atoms with E-state index in [1.165, 1.54) is 32.1 Å². The van der Waals surface area contributed by atoms with Gasteiger partial charge in [0.05, 0.1) is 17.4 Å². The number of nitrogens with one attached hydrogen (secondary N) is 2. The van der Waals surface area contributed by atoms with Crippen molar-refractivity contribution in [2.24, 2.45) is 11.8 Å². The molecule has 1 heterocycles. The van der Waals surface area contributed by atoms with Gasteiger partial charge in [0, 0.05) is 12.2 Å². The molecular weight excluding hydrogens is 240 g/mol. The van der Waals surface area contributed by atoms with Gasteiger partial charge in [-0.1, -0.05) is 19.3 Å². The van der Waals surface area contributed by atoms with Crippen LogP contribution in [-0.4, -0.2) is 16.9 Å². The van der Waals surface area contributed by atoms with Gasteiger partial charge in [-0.3, -0.25) is 15.6 Å². The number of carbonyl (C=O) groups is 1. The second-order valence-electron chi connectivity index (χ2n) is 5.23. The van der Waals surface area contributed by atoms with Gasteiger partial charge < -0.3 is 10.7 Å². The molecule has 0 aliphatic heterocycles. The van der Waals surface area contributed by atoms with Crippen molar-refractivity contribution in [3.63, 3.8) is 0 Å². The highest BCUT2D eigenvalue weighted by molar-refractivity contribution is 5.99. The van der Waals surface area contributed by atoms with E-state index in [1.807, 2.05) is 0 Å². The molecule has 104 valence electrons. The Morgan fingerprint density at radius 2 is 2.16 bits per heavy atom. The van der Waals surface area contributed by atoms with Crippen LogP contribution in [0.5, 0.6) is 0 Å². The fraction of sp³-hybridized carbons (Fsp3) is 0.571. The molecule has 4 N–H and O–H groups in total. The summed E-state index contributed by atoms with van der Waals surface area (Å²) in [6.45, 7) is 2.09. The largest absolute Gasteiger partial charge is 0.349 e. The molecule has 1 aromatic heterocycles. The topological polar surface area (TPSA) is 80.0 Å². The van der Waals surface area contributed by atoms with Crippen LogP contribution in [0.3, 0.4) is 0 Å². The Morgan fingerprint density at radius 1 is 1.42 bits per heavy atom. The number of hydrogen-bond acceptors (Lipinski definition) is 4. The summed E-state index contributed by atoms with van der Waals surface area (Å²) < 4.78 is 0. The van der Waals surface area contributed by atoms with Gasteiger partial charge in [-0.05, 0) is 31.7 Å². The summed E-state index contributed by atoms with van der Waals surface area (Å²) >= 11 is 0. The molecule has 0 aromatic carbocycles. The number of nitrogens with two attached hydrogens (primary N) is 1. The minimum absolute atomic E-state index is 0.0894. The van der Waals surface area contributed by atoms with E-state index in [2.05, 4.69) is 22.7 Å². The first kappa shape index (κ1) is 13.8. The van der Waals surface area contributed by atoms with E-state index in [4.69, 9.17) is 5.84 Å². The van der Waals surface area contributed by atoms with Gasteiger partial charge >= 0.3 is 0 Å². The van der Waals surface area contributed by atoms with Crippen LogP contribution < -0.4 is 16.6 Å². The Bertz CT molecular complexity index is 429. The molecule has 1 amide bonds. The summed E-state index contributed by atoms with van der Waals surface area (Å²) in [6, 6.07) is 1.88. The molecule has 19 heavy (non-hydrogen) atoms. The first-order valence-corrected chi connectivity index (χ1v) is 6.94. The van der Waals surface area contributed by atoms with Crippen LogP contribution in [0.15, 0.2) is 18.5 Å². The lowest BCUT2D eigenvalue weighted by Crippen LogP contribution is -2.39. The first-order valence-electron chi connectivity index (χ1n) is 6.94. The van der Waals surface area contributed by atoms with Gasteiger partial charge in [-0.2, -0.15) is 0 Å². The van der Waals surface area contributed by atoms with Crippen molar-refractivity contribution in [3.05, 3.63) is 24.0 Å². The van der Waals surface area contributed by atoms with Crippen LogP contribution in [0.4, 0.5) is 5.69 Å². The maximum atomic E-state index is 12.2. The van der Waals surface area contributed by atoms with Crippen LogP contribution in [0.1, 0.15) is 49.4 Å². The van der Waals surface area contributed by atoms with Crippen molar-refractivity contribution < 1.29 is 4.79 Å². The number of aromatic nitrogens is 1. The summed E-state index contributed by atoms with van der Waals surface area (Å²) in [6.07, 6.45) is 9.44. The van der Waals surface area contributed by atoms with Gasteiger partial charge in [-0.15, -0.1) is 0 Å². The Morgan fingerprint density at radius 3 is 2.84 bits per heavy atom. The van der Waals surface area contributed by atoms with Crippen molar-refractivity contribution in [1.82, 2.24) is 10.3 Å². The van der Waals surface area contributed by atoms with Gasteiger partial charge in [0.2, 0.25) is 0 Å². The third-order valence-corrected chi connectivity index (χ3v) is 3.94. The molecule has 1 aromatic rings. The minimum atomic E-state index is -0.0894. The van der Waals surface area contributed by atoms with E-state index in [0.717, 1.165) is 0 Å². The van der Waals surface area contributed by atoms with Crippen LogP contribution in [0.2, 0.25) is 0 Å². The third-order valence-electron chi connectivity index (χ3n) is 3.94. The van der Waals surface area contributed by atoms with Crippen molar-refractivity contribution in [2.45, 2.75) is 45.1 Å². The maximum absolute atomic E-state index is 12.2. The average Bonchev–Trinajstić information content (AvgIpc) is 2.48. The quantitative estimate of drug-likeness (QED) is 0.573. The molecule has 5 heteroatoms. The number of amides is 1. The van der Waals surface area contributed by atoms with Crippen molar-refractivity contribution >= 4 is 11.6 Å². The molecule has 1 unspecified atom stereocenters. The average molecular weight is 262 g/mol.